The van der Waals surface area contributed by atoms with Crippen LogP contribution in [-0.4, -0.2) is 41.9 Å². The van der Waals surface area contributed by atoms with Gasteiger partial charge in [0.2, 0.25) is 5.91 Å². The van der Waals surface area contributed by atoms with Crippen LogP contribution >= 0.6 is 22.9 Å². The van der Waals surface area contributed by atoms with Gasteiger partial charge in [-0.05, 0) is 29.5 Å². The van der Waals surface area contributed by atoms with Crippen molar-refractivity contribution in [3.05, 3.63) is 57.2 Å². The highest BCUT2D eigenvalue weighted by molar-refractivity contribution is 7.09. The predicted molar refractivity (Wildman–Crippen MR) is 95.9 cm³/mol. The molecule has 0 unspecified atom stereocenters. The molecule has 122 valence electrons. The molecule has 3 nitrogen and oxygen atoms in total. The molecule has 1 saturated heterocycles. The number of hydrogen-bond donors (Lipinski definition) is 0. The topological polar surface area (TPSA) is 23.6 Å². The number of benzene rings is 1. The van der Waals surface area contributed by atoms with Crippen molar-refractivity contribution >= 4 is 28.8 Å². The van der Waals surface area contributed by atoms with E-state index in [2.05, 4.69) is 22.4 Å². The van der Waals surface area contributed by atoms with E-state index in [0.29, 0.717) is 6.42 Å². The third-order valence-electron chi connectivity index (χ3n) is 4.24. The van der Waals surface area contributed by atoms with Gasteiger partial charge in [0.15, 0.2) is 0 Å². The number of nitrogens with zero attached hydrogens (tertiary/aromatic N) is 2. The van der Waals surface area contributed by atoms with Crippen molar-refractivity contribution in [2.24, 2.45) is 0 Å². The molecule has 0 atom stereocenters. The molecule has 2 aromatic rings. The van der Waals surface area contributed by atoms with E-state index in [1.54, 1.807) is 11.3 Å². The number of carbonyl (C=O) groups is 1. The lowest BCUT2D eigenvalue weighted by Crippen LogP contribution is -2.48. The van der Waals surface area contributed by atoms with E-state index in [1.165, 1.54) is 4.88 Å². The van der Waals surface area contributed by atoms with Crippen LogP contribution in [0, 0.1) is 0 Å². The second-order valence-corrected chi connectivity index (χ2v) is 7.27. The molecule has 1 aromatic carbocycles. The standard InChI is InChI=1S/C18H21ClN2OS/c19-17-6-2-1-4-15(17)14-20-9-11-21(12-10-20)18(22)8-7-16-5-3-13-23-16/h1-6,13H,7-12,14H2. The van der Waals surface area contributed by atoms with Crippen LogP contribution in [0.3, 0.4) is 0 Å². The van der Waals surface area contributed by atoms with Crippen LogP contribution in [0.5, 0.6) is 0 Å². The molecular weight excluding hydrogens is 328 g/mol. The minimum Gasteiger partial charge on any atom is -0.340 e. The zero-order valence-corrected chi connectivity index (χ0v) is 14.7. The van der Waals surface area contributed by atoms with Crippen molar-refractivity contribution in [3.8, 4) is 0 Å². The molecule has 3 rings (SSSR count). The van der Waals surface area contributed by atoms with Gasteiger partial charge in [-0.1, -0.05) is 35.9 Å². The van der Waals surface area contributed by atoms with Gasteiger partial charge in [-0.15, -0.1) is 11.3 Å². The maximum Gasteiger partial charge on any atom is 0.223 e. The Labute approximate surface area is 146 Å². The van der Waals surface area contributed by atoms with Crippen LogP contribution in [0.15, 0.2) is 41.8 Å². The zero-order valence-electron chi connectivity index (χ0n) is 13.1. The predicted octanol–water partition coefficient (Wildman–Crippen LogP) is 3.68. The number of rotatable bonds is 5. The molecule has 2 heterocycles. The molecule has 0 N–H and O–H groups in total. The molecule has 0 saturated carbocycles. The molecule has 23 heavy (non-hydrogen) atoms. The van der Waals surface area contributed by atoms with E-state index in [4.69, 9.17) is 11.6 Å². The SMILES string of the molecule is O=C(CCc1cccs1)N1CCN(Cc2ccccc2Cl)CC1. The van der Waals surface area contributed by atoms with Crippen molar-refractivity contribution in [3.63, 3.8) is 0 Å². The number of hydrogen-bond acceptors (Lipinski definition) is 3. The van der Waals surface area contributed by atoms with Gasteiger partial charge in [0.05, 0.1) is 0 Å². The van der Waals surface area contributed by atoms with E-state index >= 15 is 0 Å². The van der Waals surface area contributed by atoms with Gasteiger partial charge in [-0.25, -0.2) is 0 Å². The van der Waals surface area contributed by atoms with Crippen molar-refractivity contribution in [2.75, 3.05) is 26.2 Å². The summed E-state index contributed by atoms with van der Waals surface area (Å²) < 4.78 is 0. The fraction of sp³-hybridized carbons (Fsp3) is 0.389. The Morgan fingerprint density at radius 1 is 1.09 bits per heavy atom. The minimum absolute atomic E-state index is 0.274. The summed E-state index contributed by atoms with van der Waals surface area (Å²) in [4.78, 5) is 18.0. The number of aryl methyl sites for hydroxylation is 1. The van der Waals surface area contributed by atoms with Gasteiger partial charge in [0.1, 0.15) is 0 Å². The fourth-order valence-electron chi connectivity index (χ4n) is 2.87. The molecule has 0 aliphatic carbocycles. The van der Waals surface area contributed by atoms with E-state index in [-0.39, 0.29) is 5.91 Å². The largest absolute Gasteiger partial charge is 0.340 e. The lowest BCUT2D eigenvalue weighted by Gasteiger charge is -2.35. The number of halogens is 1. The number of piperazine rings is 1. The van der Waals surface area contributed by atoms with E-state index in [9.17, 15) is 4.79 Å². The van der Waals surface area contributed by atoms with Crippen LogP contribution in [0.2, 0.25) is 5.02 Å². The second-order valence-electron chi connectivity index (χ2n) is 5.83. The van der Waals surface area contributed by atoms with E-state index < -0.39 is 0 Å². The van der Waals surface area contributed by atoms with Crippen molar-refractivity contribution < 1.29 is 4.79 Å². The number of amides is 1. The average Bonchev–Trinajstić information content (AvgIpc) is 3.09. The first kappa shape index (κ1) is 16.5. The highest BCUT2D eigenvalue weighted by Crippen LogP contribution is 2.18. The van der Waals surface area contributed by atoms with E-state index in [1.807, 2.05) is 29.2 Å². The Kier molecular flexibility index (Phi) is 5.70. The lowest BCUT2D eigenvalue weighted by molar-refractivity contribution is -0.132. The number of carbonyl (C=O) groups excluding carboxylic acids is 1. The van der Waals surface area contributed by atoms with Crippen molar-refractivity contribution in [1.82, 2.24) is 9.80 Å². The van der Waals surface area contributed by atoms with Gasteiger partial charge >= 0.3 is 0 Å². The molecule has 0 spiro atoms. The molecule has 5 heteroatoms. The van der Waals surface area contributed by atoms with Crippen LogP contribution in [0.25, 0.3) is 0 Å². The first-order chi connectivity index (χ1) is 11.2. The summed E-state index contributed by atoms with van der Waals surface area (Å²) in [5.74, 6) is 0.274. The third-order valence-corrected chi connectivity index (χ3v) is 5.55. The molecular formula is C18H21ClN2OS. The van der Waals surface area contributed by atoms with Gasteiger partial charge in [-0.3, -0.25) is 9.69 Å². The molecule has 1 aliphatic heterocycles. The Balaban J connectivity index is 1.44. The maximum atomic E-state index is 12.3. The molecule has 1 amide bonds. The van der Waals surface area contributed by atoms with Gasteiger partial charge in [0.25, 0.3) is 0 Å². The first-order valence-electron chi connectivity index (χ1n) is 7.98. The summed E-state index contributed by atoms with van der Waals surface area (Å²) in [6.07, 6.45) is 1.47. The Hall–Kier alpha value is -1.36. The van der Waals surface area contributed by atoms with Gasteiger partial charge in [0, 0.05) is 49.0 Å². The van der Waals surface area contributed by atoms with Crippen LogP contribution < -0.4 is 0 Å². The highest BCUT2D eigenvalue weighted by atomic mass is 35.5. The lowest BCUT2D eigenvalue weighted by atomic mass is 10.2. The highest BCUT2D eigenvalue weighted by Gasteiger charge is 2.21. The normalized spacial score (nSPS) is 15.8. The monoisotopic (exact) mass is 348 g/mol. The van der Waals surface area contributed by atoms with E-state index in [0.717, 1.165) is 49.7 Å². The summed E-state index contributed by atoms with van der Waals surface area (Å²) in [5, 5.41) is 2.88. The zero-order chi connectivity index (χ0) is 16.1. The van der Waals surface area contributed by atoms with Gasteiger partial charge < -0.3 is 4.90 Å². The summed E-state index contributed by atoms with van der Waals surface area (Å²) in [7, 11) is 0. The molecule has 1 fully saturated rings. The first-order valence-corrected chi connectivity index (χ1v) is 9.24. The van der Waals surface area contributed by atoms with Crippen molar-refractivity contribution in [2.45, 2.75) is 19.4 Å². The minimum atomic E-state index is 0.274. The number of thiophene rings is 1. The summed E-state index contributed by atoms with van der Waals surface area (Å²) in [6, 6.07) is 12.1. The summed E-state index contributed by atoms with van der Waals surface area (Å²) >= 11 is 7.95. The molecule has 0 bridgehead atoms. The quantitative estimate of drug-likeness (QED) is 0.823. The van der Waals surface area contributed by atoms with Crippen LogP contribution in [-0.2, 0) is 17.8 Å². The molecule has 1 aliphatic rings. The fourth-order valence-corrected chi connectivity index (χ4v) is 3.77. The average molecular weight is 349 g/mol. The van der Waals surface area contributed by atoms with Gasteiger partial charge in [-0.2, -0.15) is 0 Å². The van der Waals surface area contributed by atoms with Crippen molar-refractivity contribution in [1.29, 1.82) is 0 Å². The molecule has 0 radical (unpaired) electrons. The smallest absolute Gasteiger partial charge is 0.223 e. The second kappa shape index (κ2) is 7.95. The Morgan fingerprint density at radius 3 is 2.57 bits per heavy atom. The summed E-state index contributed by atoms with van der Waals surface area (Å²) in [6.45, 7) is 4.31. The third kappa shape index (κ3) is 4.56. The molecule has 1 aromatic heterocycles. The Morgan fingerprint density at radius 2 is 1.87 bits per heavy atom. The Bertz CT molecular complexity index is 636. The van der Waals surface area contributed by atoms with Crippen LogP contribution in [0.1, 0.15) is 16.9 Å². The van der Waals surface area contributed by atoms with Crippen LogP contribution in [0.4, 0.5) is 0 Å². The maximum absolute atomic E-state index is 12.3. The summed E-state index contributed by atoms with van der Waals surface area (Å²) in [5.41, 5.74) is 1.16.